The van der Waals surface area contributed by atoms with Gasteiger partial charge < -0.3 is 31.1 Å². The largest absolute Gasteiger partial charge is 0.368 e. The second kappa shape index (κ2) is 24.5. The molecule has 0 aromatic heterocycles. The summed E-state index contributed by atoms with van der Waals surface area (Å²) in [7, 11) is 15.0. The van der Waals surface area contributed by atoms with E-state index < -0.39 is 0 Å². The highest BCUT2D eigenvalue weighted by molar-refractivity contribution is 8.14. The number of thioether (sulfide) groups is 4. The average Bonchev–Trinajstić information content (AvgIpc) is 2.91. The number of rotatable bonds is 15. The molecule has 0 saturated carbocycles. The first-order valence-corrected chi connectivity index (χ1v) is 16.0. The Balaban J connectivity index is 5.06. The molecule has 0 radical (unpaired) electrons. The van der Waals surface area contributed by atoms with Gasteiger partial charge in [-0.2, -0.15) is 0 Å². The number of aliphatic imine (C=N–C) groups is 4. The fraction of sp³-hybridized carbons (Fsp3) is 0.818. The highest BCUT2D eigenvalue weighted by Gasteiger charge is 2.12. The van der Waals surface area contributed by atoms with Crippen molar-refractivity contribution >= 4 is 67.7 Å². The van der Waals surface area contributed by atoms with E-state index in [1.165, 1.54) is 0 Å². The van der Waals surface area contributed by atoms with Crippen molar-refractivity contribution in [1.29, 1.82) is 0 Å². The minimum atomic E-state index is 0.978. The second-order valence-corrected chi connectivity index (χ2v) is 11.5. The summed E-state index contributed by atoms with van der Waals surface area (Å²) < 4.78 is 0. The number of hydrogen-bond acceptors (Lipinski definition) is 10. The van der Waals surface area contributed by atoms with Crippen molar-refractivity contribution in [2.45, 2.75) is 0 Å². The quantitative estimate of drug-likeness (QED) is 0.168. The van der Waals surface area contributed by atoms with Crippen molar-refractivity contribution < 1.29 is 0 Å². The van der Waals surface area contributed by atoms with Gasteiger partial charge >= 0.3 is 0 Å². The lowest BCUT2D eigenvalue weighted by molar-refractivity contribution is 0.232. The van der Waals surface area contributed by atoms with Crippen molar-refractivity contribution in [2.75, 3.05) is 119 Å². The molecule has 0 aromatic carbocycles. The van der Waals surface area contributed by atoms with Crippen molar-refractivity contribution in [3.63, 3.8) is 0 Å². The zero-order valence-electron chi connectivity index (χ0n) is 23.4. The Morgan fingerprint density at radius 1 is 0.444 bits per heavy atom. The van der Waals surface area contributed by atoms with Crippen molar-refractivity contribution in [3.8, 4) is 0 Å². The normalized spacial score (nSPS) is 13.5. The molecule has 0 spiro atoms. The smallest absolute Gasteiger partial charge is 0.156 e. The van der Waals surface area contributed by atoms with E-state index in [4.69, 9.17) is 0 Å². The molecule has 0 aliphatic rings. The Morgan fingerprint density at radius 2 is 0.667 bits per heavy atom. The zero-order valence-corrected chi connectivity index (χ0v) is 26.7. The van der Waals surface area contributed by atoms with Gasteiger partial charge in [-0.3, -0.25) is 20.0 Å². The summed E-state index contributed by atoms with van der Waals surface area (Å²) in [6, 6.07) is 0. The maximum absolute atomic E-state index is 4.29. The number of nitrogens with one attached hydrogen (secondary N) is 4. The summed E-state index contributed by atoms with van der Waals surface area (Å²) in [5.41, 5.74) is 0. The van der Waals surface area contributed by atoms with Crippen LogP contribution >= 0.6 is 47.0 Å². The van der Waals surface area contributed by atoms with Crippen molar-refractivity contribution in [2.24, 2.45) is 20.0 Å². The van der Waals surface area contributed by atoms with Crippen LogP contribution in [0, 0.1) is 0 Å². The maximum atomic E-state index is 4.29. The van der Waals surface area contributed by atoms with Crippen LogP contribution in [-0.2, 0) is 0 Å². The molecule has 0 atom stereocenters. The summed E-state index contributed by atoms with van der Waals surface area (Å²) >= 11 is 7.08. The monoisotopic (exact) mass is 580 g/mol. The van der Waals surface area contributed by atoms with Crippen LogP contribution in [0.25, 0.3) is 0 Å². The number of nitrogens with zero attached hydrogens (tertiary/aromatic N) is 6. The molecule has 0 aliphatic carbocycles. The third kappa shape index (κ3) is 17.6. The Morgan fingerprint density at radius 3 is 0.833 bits per heavy atom. The van der Waals surface area contributed by atoms with E-state index in [0.717, 1.165) is 83.0 Å². The molecule has 0 fully saturated rings. The summed E-state index contributed by atoms with van der Waals surface area (Å²) in [4.78, 5) is 22.3. The Labute approximate surface area is 236 Å². The molecule has 0 aliphatic heterocycles. The molecule has 10 nitrogen and oxygen atoms in total. The molecule has 0 amide bonds. The molecule has 36 heavy (non-hydrogen) atoms. The van der Waals surface area contributed by atoms with Crippen LogP contribution in [0.5, 0.6) is 0 Å². The van der Waals surface area contributed by atoms with E-state index in [0.29, 0.717) is 0 Å². The van der Waals surface area contributed by atoms with Gasteiger partial charge in [0.05, 0.1) is 0 Å². The SMILES string of the molecule is CN=C(NC)SCCN(CCSC(=NC)NC)CCN(CCSC(=NC)NC)CCSC(=NC)NC. The fourth-order valence-corrected chi connectivity index (χ4v) is 6.30. The van der Waals surface area contributed by atoms with Gasteiger partial charge in [-0.1, -0.05) is 47.0 Å². The summed E-state index contributed by atoms with van der Waals surface area (Å²) in [6.45, 7) is 6.10. The van der Waals surface area contributed by atoms with Gasteiger partial charge in [-0.25, -0.2) is 0 Å². The van der Waals surface area contributed by atoms with Crippen LogP contribution in [0.1, 0.15) is 0 Å². The van der Waals surface area contributed by atoms with Crippen LogP contribution in [-0.4, -0.2) is 149 Å². The first-order valence-electron chi connectivity index (χ1n) is 12.1. The van der Waals surface area contributed by atoms with Crippen molar-refractivity contribution in [1.82, 2.24) is 31.1 Å². The minimum Gasteiger partial charge on any atom is -0.368 e. The summed E-state index contributed by atoms with van der Waals surface area (Å²) in [6.07, 6.45) is 0. The van der Waals surface area contributed by atoms with Gasteiger partial charge in [0.15, 0.2) is 20.7 Å². The topological polar surface area (TPSA) is 104 Å². The van der Waals surface area contributed by atoms with Crippen LogP contribution in [0.15, 0.2) is 20.0 Å². The van der Waals surface area contributed by atoms with Gasteiger partial charge in [-0.15, -0.1) is 0 Å². The third-order valence-electron chi connectivity index (χ3n) is 4.99. The standard InChI is InChI=1S/C22H48N10S4/c1-23-19(24-2)33-15-11-31(12-16-34-20(25-3)26-4)9-10-32(13-17-35-21(27-5)28-6)14-18-36-22(29-7)30-8/h9-18H2,1-8H3,(H,23,24)(H,25,26)(H,27,28)(H,29,30). The lowest BCUT2D eigenvalue weighted by Crippen LogP contribution is -2.40. The van der Waals surface area contributed by atoms with Gasteiger partial charge in [0.1, 0.15) is 0 Å². The molecule has 0 unspecified atom stereocenters. The van der Waals surface area contributed by atoms with Crippen LogP contribution in [0.2, 0.25) is 0 Å². The molecular weight excluding hydrogens is 533 g/mol. The molecule has 210 valence electrons. The summed E-state index contributed by atoms with van der Waals surface area (Å²) in [5, 5.41) is 16.5. The van der Waals surface area contributed by atoms with E-state index in [2.05, 4.69) is 51.0 Å². The van der Waals surface area contributed by atoms with E-state index in [1.54, 1.807) is 47.0 Å². The molecule has 0 aromatic rings. The molecule has 0 bridgehead atoms. The molecule has 14 heteroatoms. The first-order chi connectivity index (χ1) is 17.5. The molecule has 0 rings (SSSR count). The first kappa shape index (κ1) is 35.2. The fourth-order valence-electron chi connectivity index (χ4n) is 3.03. The van der Waals surface area contributed by atoms with E-state index in [1.807, 2.05) is 56.4 Å². The predicted molar refractivity (Wildman–Crippen MR) is 172 cm³/mol. The van der Waals surface area contributed by atoms with Gasteiger partial charge in [0.2, 0.25) is 0 Å². The van der Waals surface area contributed by atoms with E-state index in [-0.39, 0.29) is 0 Å². The highest BCUT2D eigenvalue weighted by Crippen LogP contribution is 2.09. The lowest BCUT2D eigenvalue weighted by Gasteiger charge is -2.28. The van der Waals surface area contributed by atoms with Gasteiger partial charge in [0, 0.05) is 119 Å². The maximum Gasteiger partial charge on any atom is 0.156 e. The van der Waals surface area contributed by atoms with Crippen LogP contribution < -0.4 is 21.3 Å². The molecular formula is C22H48N10S4. The third-order valence-corrected chi connectivity index (χ3v) is 9.17. The number of hydrogen-bond donors (Lipinski definition) is 4. The van der Waals surface area contributed by atoms with E-state index >= 15 is 0 Å². The average molecular weight is 581 g/mol. The van der Waals surface area contributed by atoms with Crippen molar-refractivity contribution in [3.05, 3.63) is 0 Å². The van der Waals surface area contributed by atoms with Gasteiger partial charge in [0.25, 0.3) is 0 Å². The summed E-state index contributed by atoms with van der Waals surface area (Å²) in [5.74, 6) is 4.01. The van der Waals surface area contributed by atoms with E-state index in [9.17, 15) is 0 Å². The van der Waals surface area contributed by atoms with Crippen LogP contribution in [0.4, 0.5) is 0 Å². The molecule has 0 heterocycles. The Bertz CT molecular complexity index is 565. The second-order valence-electron chi connectivity index (χ2n) is 7.19. The highest BCUT2D eigenvalue weighted by atomic mass is 32.2. The van der Waals surface area contributed by atoms with Gasteiger partial charge in [-0.05, 0) is 0 Å². The molecule has 0 saturated heterocycles. The van der Waals surface area contributed by atoms with Crippen LogP contribution in [0.3, 0.4) is 0 Å². The Hall–Kier alpha value is -0.800. The minimum absolute atomic E-state index is 0.978. The zero-order chi connectivity index (χ0) is 27.0. The predicted octanol–water partition coefficient (Wildman–Crippen LogP) is 1.34. The molecule has 4 N–H and O–H groups in total. The Kier molecular flexibility index (Phi) is 24.0. The number of amidine groups is 4. The lowest BCUT2D eigenvalue weighted by atomic mass is 10.4.